The second-order valence-electron chi connectivity index (χ2n) is 5.55. The fourth-order valence-electron chi connectivity index (χ4n) is 2.84. The first-order valence-corrected chi connectivity index (χ1v) is 7.04. The molecule has 2 fully saturated rings. The lowest BCUT2D eigenvalue weighted by molar-refractivity contribution is -0.00301. The molecule has 0 bridgehead atoms. The Morgan fingerprint density at radius 1 is 1.29 bits per heavy atom. The van der Waals surface area contributed by atoms with Crippen molar-refractivity contribution in [3.05, 3.63) is 0 Å². The average molecular weight is 241 g/mol. The van der Waals surface area contributed by atoms with E-state index in [-0.39, 0.29) is 0 Å². The molecule has 100 valence electrons. The zero-order valence-corrected chi connectivity index (χ0v) is 11.1. The van der Waals surface area contributed by atoms with Gasteiger partial charge in [-0.3, -0.25) is 4.90 Å². The maximum atomic E-state index is 5.68. The molecule has 2 heterocycles. The van der Waals surface area contributed by atoms with Crippen LogP contribution in [-0.4, -0.2) is 68.3 Å². The Morgan fingerprint density at radius 2 is 2.06 bits per heavy atom. The summed E-state index contributed by atoms with van der Waals surface area (Å²) >= 11 is 0. The van der Waals surface area contributed by atoms with Crippen molar-refractivity contribution in [1.29, 1.82) is 0 Å². The molecule has 0 spiro atoms. The summed E-state index contributed by atoms with van der Waals surface area (Å²) in [6.45, 7) is 10.9. The fourth-order valence-corrected chi connectivity index (χ4v) is 2.84. The van der Waals surface area contributed by atoms with Gasteiger partial charge < -0.3 is 15.4 Å². The van der Waals surface area contributed by atoms with E-state index in [2.05, 4.69) is 16.7 Å². The lowest BCUT2D eigenvalue weighted by Crippen LogP contribution is -2.53. The van der Waals surface area contributed by atoms with Crippen LogP contribution in [0.1, 0.15) is 19.8 Å². The maximum absolute atomic E-state index is 5.68. The Kier molecular flexibility index (Phi) is 5.22. The van der Waals surface area contributed by atoms with E-state index in [1.807, 2.05) is 0 Å². The van der Waals surface area contributed by atoms with E-state index >= 15 is 0 Å². The fraction of sp³-hybridized carbons (Fsp3) is 1.00. The predicted molar refractivity (Wildman–Crippen MR) is 70.1 cm³/mol. The minimum atomic E-state index is 0.625. The first-order valence-electron chi connectivity index (χ1n) is 7.04. The van der Waals surface area contributed by atoms with Crippen LogP contribution in [0.25, 0.3) is 0 Å². The standard InChI is InChI=1S/C13H27N3O/c1-12(9-14)10-15-4-6-16(7-5-15)13-3-2-8-17-11-13/h12-13H,2-11,14H2,1H3. The zero-order valence-electron chi connectivity index (χ0n) is 11.1. The van der Waals surface area contributed by atoms with Gasteiger partial charge in [0.2, 0.25) is 0 Å². The molecular formula is C13H27N3O. The lowest BCUT2D eigenvalue weighted by Gasteiger charge is -2.41. The minimum absolute atomic E-state index is 0.625. The van der Waals surface area contributed by atoms with Gasteiger partial charge in [0.15, 0.2) is 0 Å². The summed E-state index contributed by atoms with van der Waals surface area (Å²) in [7, 11) is 0. The molecule has 2 N–H and O–H groups in total. The predicted octanol–water partition coefficient (Wildman–Crippen LogP) is 0.378. The Hall–Kier alpha value is -0.160. The van der Waals surface area contributed by atoms with Gasteiger partial charge in [0, 0.05) is 45.4 Å². The molecule has 0 amide bonds. The quantitative estimate of drug-likeness (QED) is 0.772. The summed E-state index contributed by atoms with van der Waals surface area (Å²) in [5.74, 6) is 0.625. The van der Waals surface area contributed by atoms with Gasteiger partial charge in [0.25, 0.3) is 0 Å². The van der Waals surface area contributed by atoms with E-state index in [9.17, 15) is 0 Å². The lowest BCUT2D eigenvalue weighted by atomic mass is 10.1. The molecule has 0 saturated carbocycles. The average Bonchev–Trinajstić information content (AvgIpc) is 2.40. The molecule has 0 aliphatic carbocycles. The van der Waals surface area contributed by atoms with Crippen LogP contribution in [0.3, 0.4) is 0 Å². The topological polar surface area (TPSA) is 41.7 Å². The number of rotatable bonds is 4. The molecule has 0 radical (unpaired) electrons. The number of nitrogens with zero attached hydrogens (tertiary/aromatic N) is 2. The SMILES string of the molecule is CC(CN)CN1CCN(C2CCCOC2)CC1. The highest BCUT2D eigenvalue weighted by molar-refractivity contribution is 4.80. The van der Waals surface area contributed by atoms with E-state index in [0.29, 0.717) is 12.0 Å². The molecule has 17 heavy (non-hydrogen) atoms. The third-order valence-corrected chi connectivity index (χ3v) is 4.03. The highest BCUT2D eigenvalue weighted by atomic mass is 16.5. The summed E-state index contributed by atoms with van der Waals surface area (Å²) in [4.78, 5) is 5.17. The summed E-state index contributed by atoms with van der Waals surface area (Å²) in [6.07, 6.45) is 2.55. The van der Waals surface area contributed by atoms with Crippen LogP contribution in [0.15, 0.2) is 0 Å². The van der Waals surface area contributed by atoms with Crippen LogP contribution >= 0.6 is 0 Å². The molecule has 2 aliphatic rings. The molecule has 4 nitrogen and oxygen atoms in total. The van der Waals surface area contributed by atoms with Crippen LogP contribution in [0.4, 0.5) is 0 Å². The molecule has 0 aromatic rings. The van der Waals surface area contributed by atoms with Crippen molar-refractivity contribution in [2.45, 2.75) is 25.8 Å². The van der Waals surface area contributed by atoms with Crippen molar-refractivity contribution in [2.24, 2.45) is 11.7 Å². The molecular weight excluding hydrogens is 214 g/mol. The summed E-state index contributed by atoms with van der Waals surface area (Å²) in [5.41, 5.74) is 5.68. The summed E-state index contributed by atoms with van der Waals surface area (Å²) in [5, 5.41) is 0. The largest absolute Gasteiger partial charge is 0.380 e. The van der Waals surface area contributed by atoms with E-state index in [0.717, 1.165) is 26.3 Å². The van der Waals surface area contributed by atoms with Gasteiger partial charge in [-0.2, -0.15) is 0 Å². The van der Waals surface area contributed by atoms with E-state index < -0.39 is 0 Å². The smallest absolute Gasteiger partial charge is 0.0621 e. The molecule has 2 aliphatic heterocycles. The number of hydrogen-bond acceptors (Lipinski definition) is 4. The molecule has 2 atom stereocenters. The van der Waals surface area contributed by atoms with Crippen molar-refractivity contribution in [1.82, 2.24) is 9.80 Å². The second-order valence-corrected chi connectivity index (χ2v) is 5.55. The van der Waals surface area contributed by atoms with Crippen molar-refractivity contribution in [2.75, 3.05) is 52.5 Å². The monoisotopic (exact) mass is 241 g/mol. The van der Waals surface area contributed by atoms with E-state index in [1.165, 1.54) is 39.0 Å². The molecule has 0 aromatic heterocycles. The summed E-state index contributed by atoms with van der Waals surface area (Å²) < 4.78 is 5.57. The van der Waals surface area contributed by atoms with Gasteiger partial charge >= 0.3 is 0 Å². The van der Waals surface area contributed by atoms with Gasteiger partial charge in [0.05, 0.1) is 6.61 Å². The Bertz CT molecular complexity index is 211. The second kappa shape index (κ2) is 6.69. The van der Waals surface area contributed by atoms with Gasteiger partial charge in [0.1, 0.15) is 0 Å². The zero-order chi connectivity index (χ0) is 12.1. The molecule has 0 aromatic carbocycles. The van der Waals surface area contributed by atoms with Crippen molar-refractivity contribution in [3.63, 3.8) is 0 Å². The van der Waals surface area contributed by atoms with Crippen LogP contribution in [0.5, 0.6) is 0 Å². The van der Waals surface area contributed by atoms with Gasteiger partial charge in [-0.05, 0) is 25.3 Å². The van der Waals surface area contributed by atoms with Gasteiger partial charge in [-0.15, -0.1) is 0 Å². The highest BCUT2D eigenvalue weighted by Crippen LogP contribution is 2.15. The molecule has 2 saturated heterocycles. The Morgan fingerprint density at radius 3 is 2.65 bits per heavy atom. The van der Waals surface area contributed by atoms with Crippen molar-refractivity contribution < 1.29 is 4.74 Å². The number of piperazine rings is 1. The number of ether oxygens (including phenoxy) is 1. The van der Waals surface area contributed by atoms with E-state index in [4.69, 9.17) is 10.5 Å². The van der Waals surface area contributed by atoms with Crippen LogP contribution in [0, 0.1) is 5.92 Å². The molecule has 4 heteroatoms. The van der Waals surface area contributed by atoms with Gasteiger partial charge in [-0.1, -0.05) is 6.92 Å². The maximum Gasteiger partial charge on any atom is 0.0621 e. The summed E-state index contributed by atoms with van der Waals surface area (Å²) in [6, 6.07) is 0.679. The van der Waals surface area contributed by atoms with Crippen LogP contribution < -0.4 is 5.73 Å². The van der Waals surface area contributed by atoms with Crippen LogP contribution in [-0.2, 0) is 4.74 Å². The highest BCUT2D eigenvalue weighted by Gasteiger charge is 2.25. The first-order chi connectivity index (χ1) is 8.29. The number of nitrogens with two attached hydrogens (primary N) is 1. The number of hydrogen-bond donors (Lipinski definition) is 1. The third-order valence-electron chi connectivity index (χ3n) is 4.03. The Labute approximate surface area is 105 Å². The first kappa shape index (κ1) is 13.3. The van der Waals surface area contributed by atoms with Crippen molar-refractivity contribution in [3.8, 4) is 0 Å². The van der Waals surface area contributed by atoms with Gasteiger partial charge in [-0.25, -0.2) is 0 Å². The molecule has 2 rings (SSSR count). The Balaban J connectivity index is 1.70. The van der Waals surface area contributed by atoms with Crippen molar-refractivity contribution >= 4 is 0 Å². The van der Waals surface area contributed by atoms with E-state index in [1.54, 1.807) is 0 Å². The third kappa shape index (κ3) is 3.91. The van der Waals surface area contributed by atoms with Crippen LogP contribution in [0.2, 0.25) is 0 Å². The normalized spacial score (nSPS) is 30.4. The molecule has 2 unspecified atom stereocenters. The minimum Gasteiger partial charge on any atom is -0.380 e.